The van der Waals surface area contributed by atoms with Crippen LogP contribution in [0.3, 0.4) is 0 Å². The molecular weight excluding hydrogens is 330 g/mol. The second kappa shape index (κ2) is 10.5. The van der Waals surface area contributed by atoms with Gasteiger partial charge in [-0.05, 0) is 36.4 Å². The van der Waals surface area contributed by atoms with Crippen molar-refractivity contribution in [3.63, 3.8) is 0 Å². The lowest BCUT2D eigenvalue weighted by atomic mass is 10.2. The number of nitrogens with two attached hydrogens (primary N) is 2. The van der Waals surface area contributed by atoms with Crippen LogP contribution in [0.1, 0.15) is 20.3 Å². The van der Waals surface area contributed by atoms with Gasteiger partial charge in [0.15, 0.2) is 5.96 Å². The molecule has 7 heteroatoms. The quantitative estimate of drug-likeness (QED) is 0.121. The molecule has 1 rings (SSSR count). The molecule has 0 aliphatic rings. The molecule has 0 saturated heterocycles. The molecule has 0 radical (unpaired) electrons. The first kappa shape index (κ1) is 20.7. The van der Waals surface area contributed by atoms with Crippen molar-refractivity contribution >= 4 is 29.9 Å². The van der Waals surface area contributed by atoms with Crippen LogP contribution in [0.15, 0.2) is 42.0 Å². The Balaban J connectivity index is 2.90. The van der Waals surface area contributed by atoms with Crippen LogP contribution in [-0.4, -0.2) is 24.3 Å². The number of hydrogen-bond acceptors (Lipinski definition) is 4. The zero-order valence-electron chi connectivity index (χ0n) is 15.0. The molecule has 7 nitrogen and oxygen atoms in total. The minimum Gasteiger partial charge on any atom is -0.423 e. The van der Waals surface area contributed by atoms with Crippen LogP contribution in [0, 0.1) is 10.8 Å². The number of carbonyl (C=O) groups is 1. The van der Waals surface area contributed by atoms with Crippen molar-refractivity contribution < 1.29 is 9.53 Å². The van der Waals surface area contributed by atoms with Crippen molar-refractivity contribution in [1.82, 2.24) is 5.32 Å². The van der Waals surface area contributed by atoms with E-state index in [1.807, 2.05) is 25.1 Å². The van der Waals surface area contributed by atoms with Crippen molar-refractivity contribution in [2.75, 3.05) is 6.54 Å². The highest BCUT2D eigenvalue weighted by Crippen LogP contribution is 2.09. The minimum atomic E-state index is -0.478. The summed E-state index contributed by atoms with van der Waals surface area (Å²) in [5.74, 6) is -0.0950. The normalized spacial score (nSPS) is 13.1. The number of carbonyl (C=O) groups excluding carboxylic acids is 1. The van der Waals surface area contributed by atoms with Gasteiger partial charge in [0.25, 0.3) is 0 Å². The zero-order valence-corrected chi connectivity index (χ0v) is 15.0. The van der Waals surface area contributed by atoms with E-state index in [2.05, 4.69) is 5.32 Å². The Morgan fingerprint density at radius 1 is 1.23 bits per heavy atom. The Morgan fingerprint density at radius 3 is 2.54 bits per heavy atom. The molecule has 0 amide bonds. The molecule has 0 fully saturated rings. The van der Waals surface area contributed by atoms with Crippen LogP contribution in [0.4, 0.5) is 0 Å². The van der Waals surface area contributed by atoms with Crippen LogP contribution in [0.2, 0.25) is 0 Å². The Bertz CT molecular complexity index is 853. The minimum absolute atomic E-state index is 0.0892. The Kier molecular flexibility index (Phi) is 8.36. The number of esters is 1. The van der Waals surface area contributed by atoms with E-state index in [1.54, 1.807) is 37.3 Å². The summed E-state index contributed by atoms with van der Waals surface area (Å²) in [6, 6.07) is 5.28. The first-order valence-corrected chi connectivity index (χ1v) is 8.09. The van der Waals surface area contributed by atoms with E-state index >= 15 is 0 Å². The monoisotopic (exact) mass is 355 g/mol. The Labute approximate surface area is 152 Å². The van der Waals surface area contributed by atoms with E-state index in [0.717, 1.165) is 10.4 Å². The highest BCUT2D eigenvalue weighted by atomic mass is 16.5. The number of rotatable bonds is 7. The number of ether oxygens (including phenoxy) is 1. The van der Waals surface area contributed by atoms with E-state index in [1.165, 1.54) is 0 Å². The second-order valence-corrected chi connectivity index (χ2v) is 5.34. The van der Waals surface area contributed by atoms with Crippen molar-refractivity contribution in [3.8, 4) is 5.75 Å². The molecular formula is C19H25N5O2. The molecule has 0 atom stereocenters. The third-order valence-corrected chi connectivity index (χ3v) is 3.38. The molecule has 0 bridgehead atoms. The van der Waals surface area contributed by atoms with E-state index in [0.29, 0.717) is 24.3 Å². The molecule has 7 N–H and O–H groups in total. The number of benzene rings is 1. The molecule has 1 aromatic carbocycles. The summed E-state index contributed by atoms with van der Waals surface area (Å²) in [4.78, 5) is 12.3. The van der Waals surface area contributed by atoms with Gasteiger partial charge in [0.05, 0.1) is 11.4 Å². The van der Waals surface area contributed by atoms with Gasteiger partial charge in [-0.2, -0.15) is 0 Å². The molecule has 0 heterocycles. The highest BCUT2D eigenvalue weighted by molar-refractivity contribution is 5.93. The number of amidine groups is 1. The molecule has 0 aromatic heterocycles. The lowest BCUT2D eigenvalue weighted by molar-refractivity contribution is -0.129. The summed E-state index contributed by atoms with van der Waals surface area (Å²) >= 11 is 0. The van der Waals surface area contributed by atoms with Gasteiger partial charge in [0, 0.05) is 13.0 Å². The number of guanidine groups is 1. The van der Waals surface area contributed by atoms with Crippen LogP contribution in [0.25, 0.3) is 12.2 Å². The van der Waals surface area contributed by atoms with Gasteiger partial charge < -0.3 is 21.5 Å². The summed E-state index contributed by atoms with van der Waals surface area (Å²) in [5, 5.41) is 18.8. The second-order valence-electron chi connectivity index (χ2n) is 5.34. The standard InChI is InChI=1S/C19H25N5O2/c1-3-13(6-5-11-24-19(22)23)18(25)26-16-9-7-15(8-10-17(20)21)14(4-2)12-16/h3-9,12H,10-11H2,1-2H3,(H3,20,21)(H4,22,23,24)/b6-5-,13-3+,14-4-,15-8-. The van der Waals surface area contributed by atoms with Crippen LogP contribution in [-0.2, 0) is 4.79 Å². The van der Waals surface area contributed by atoms with E-state index < -0.39 is 5.97 Å². The average Bonchev–Trinajstić information content (AvgIpc) is 2.60. The summed E-state index contributed by atoms with van der Waals surface area (Å²) in [7, 11) is 0. The third kappa shape index (κ3) is 7.04. The summed E-state index contributed by atoms with van der Waals surface area (Å²) in [6.07, 6.45) is 9.05. The molecule has 0 saturated carbocycles. The molecule has 26 heavy (non-hydrogen) atoms. The summed E-state index contributed by atoms with van der Waals surface area (Å²) in [5.41, 5.74) is 11.0. The van der Waals surface area contributed by atoms with Crippen molar-refractivity contribution in [2.24, 2.45) is 11.5 Å². The van der Waals surface area contributed by atoms with Gasteiger partial charge in [0.1, 0.15) is 5.75 Å². The third-order valence-electron chi connectivity index (χ3n) is 3.38. The lowest BCUT2D eigenvalue weighted by Gasteiger charge is -2.05. The number of nitrogens with one attached hydrogen (secondary N) is 3. The van der Waals surface area contributed by atoms with Crippen molar-refractivity contribution in [2.45, 2.75) is 20.3 Å². The summed E-state index contributed by atoms with van der Waals surface area (Å²) < 4.78 is 5.42. The topological polar surface area (TPSA) is 138 Å². The highest BCUT2D eigenvalue weighted by Gasteiger charge is 2.08. The molecule has 0 spiro atoms. The van der Waals surface area contributed by atoms with Gasteiger partial charge in [-0.25, -0.2) is 4.79 Å². The van der Waals surface area contributed by atoms with Crippen LogP contribution < -0.4 is 32.0 Å². The molecule has 0 unspecified atom stereocenters. The van der Waals surface area contributed by atoms with Gasteiger partial charge in [-0.15, -0.1) is 0 Å². The van der Waals surface area contributed by atoms with Crippen molar-refractivity contribution in [3.05, 3.63) is 52.4 Å². The molecule has 0 aliphatic carbocycles. The zero-order chi connectivity index (χ0) is 19.5. The maximum Gasteiger partial charge on any atom is 0.343 e. The fourth-order valence-electron chi connectivity index (χ4n) is 2.07. The predicted molar refractivity (Wildman–Crippen MR) is 105 cm³/mol. The van der Waals surface area contributed by atoms with E-state index in [9.17, 15) is 4.79 Å². The Hall–Kier alpha value is -3.35. The molecule has 138 valence electrons. The van der Waals surface area contributed by atoms with E-state index in [4.69, 9.17) is 27.0 Å². The number of allylic oxidation sites excluding steroid dienone is 1. The van der Waals surface area contributed by atoms with Gasteiger partial charge in [-0.1, -0.05) is 36.4 Å². The molecule has 1 aromatic rings. The Morgan fingerprint density at radius 2 is 1.96 bits per heavy atom. The average molecular weight is 355 g/mol. The SMILES string of the molecule is C/C=c1/cc(OC(=O)C(/C=C\CNC(=N)N)=C/C)cc/c1=C/CC(=N)N. The molecule has 0 aliphatic heterocycles. The van der Waals surface area contributed by atoms with Gasteiger partial charge in [-0.3, -0.25) is 10.8 Å². The largest absolute Gasteiger partial charge is 0.423 e. The van der Waals surface area contributed by atoms with Gasteiger partial charge in [0.2, 0.25) is 0 Å². The maximum atomic E-state index is 12.3. The van der Waals surface area contributed by atoms with Crippen molar-refractivity contribution in [1.29, 1.82) is 10.8 Å². The lowest BCUT2D eigenvalue weighted by Crippen LogP contribution is -2.30. The van der Waals surface area contributed by atoms with Crippen LogP contribution in [0.5, 0.6) is 5.75 Å². The fourth-order valence-corrected chi connectivity index (χ4v) is 2.07. The summed E-state index contributed by atoms with van der Waals surface area (Å²) in [6.45, 7) is 3.97. The fraction of sp³-hybridized carbons (Fsp3) is 0.211. The van der Waals surface area contributed by atoms with Crippen LogP contribution >= 0.6 is 0 Å². The predicted octanol–water partition coefficient (Wildman–Crippen LogP) is 0.485. The van der Waals surface area contributed by atoms with E-state index in [-0.39, 0.29) is 11.8 Å². The maximum absolute atomic E-state index is 12.3. The number of hydrogen-bond donors (Lipinski definition) is 5. The van der Waals surface area contributed by atoms with Gasteiger partial charge >= 0.3 is 5.97 Å². The first-order chi connectivity index (χ1) is 12.4. The first-order valence-electron chi connectivity index (χ1n) is 8.09. The smallest absolute Gasteiger partial charge is 0.343 e.